The first-order valence-corrected chi connectivity index (χ1v) is 7.04. The molecule has 1 rings (SSSR count). The van der Waals surface area contributed by atoms with Crippen molar-refractivity contribution < 1.29 is 4.42 Å². The minimum Gasteiger partial charge on any atom is -0.465 e. The summed E-state index contributed by atoms with van der Waals surface area (Å²) in [4.78, 5) is 2.38. The lowest BCUT2D eigenvalue weighted by Crippen LogP contribution is -2.23. The molecule has 1 aromatic heterocycles. The van der Waals surface area contributed by atoms with E-state index in [1.165, 1.54) is 12.0 Å². The molecule has 3 heteroatoms. The van der Waals surface area contributed by atoms with E-state index in [-0.39, 0.29) is 0 Å². The minimum absolute atomic E-state index is 0.753. The third-order valence-corrected chi connectivity index (χ3v) is 3.38. The second kappa shape index (κ2) is 7.59. The summed E-state index contributed by atoms with van der Waals surface area (Å²) >= 11 is 0. The van der Waals surface area contributed by atoms with Crippen LogP contribution in [-0.4, -0.2) is 25.0 Å². The first-order valence-electron chi connectivity index (χ1n) is 7.04. The Morgan fingerprint density at radius 1 is 1.39 bits per heavy atom. The highest BCUT2D eigenvalue weighted by Gasteiger charge is 2.11. The molecule has 1 unspecified atom stereocenters. The van der Waals surface area contributed by atoms with Crippen LogP contribution in [-0.2, 0) is 13.1 Å². The van der Waals surface area contributed by atoms with Crippen LogP contribution in [0.5, 0.6) is 0 Å². The van der Waals surface area contributed by atoms with Crippen molar-refractivity contribution in [3.63, 3.8) is 0 Å². The van der Waals surface area contributed by atoms with Crippen molar-refractivity contribution in [1.29, 1.82) is 0 Å². The molecular weight excluding hydrogens is 224 g/mol. The van der Waals surface area contributed by atoms with E-state index in [0.29, 0.717) is 0 Å². The number of nitrogens with one attached hydrogen (secondary N) is 1. The van der Waals surface area contributed by atoms with E-state index in [1.54, 1.807) is 0 Å². The van der Waals surface area contributed by atoms with Gasteiger partial charge in [0.15, 0.2) is 0 Å². The highest BCUT2D eigenvalue weighted by Crippen LogP contribution is 2.17. The minimum atomic E-state index is 0.753. The van der Waals surface area contributed by atoms with Crippen molar-refractivity contribution in [3.05, 3.63) is 23.2 Å². The Kier molecular flexibility index (Phi) is 6.44. The molecule has 0 fully saturated rings. The van der Waals surface area contributed by atoms with E-state index in [0.717, 1.165) is 43.6 Å². The zero-order valence-electron chi connectivity index (χ0n) is 12.5. The van der Waals surface area contributed by atoms with Crippen LogP contribution < -0.4 is 5.32 Å². The maximum absolute atomic E-state index is 5.76. The molecule has 0 saturated carbocycles. The Hall–Kier alpha value is -0.800. The molecule has 0 aliphatic rings. The molecule has 1 atom stereocenters. The van der Waals surface area contributed by atoms with Gasteiger partial charge in [-0.15, -0.1) is 0 Å². The lowest BCUT2D eigenvalue weighted by atomic mass is 10.1. The summed E-state index contributed by atoms with van der Waals surface area (Å²) in [5, 5.41) is 3.29. The predicted octanol–water partition coefficient (Wildman–Crippen LogP) is 3.18. The zero-order valence-corrected chi connectivity index (χ0v) is 12.5. The van der Waals surface area contributed by atoms with Gasteiger partial charge >= 0.3 is 0 Å². The van der Waals surface area contributed by atoms with Crippen molar-refractivity contribution in [2.45, 2.75) is 47.2 Å². The van der Waals surface area contributed by atoms with Crippen LogP contribution in [0.15, 0.2) is 10.5 Å². The third kappa shape index (κ3) is 4.83. The van der Waals surface area contributed by atoms with Crippen LogP contribution >= 0.6 is 0 Å². The smallest absolute Gasteiger partial charge is 0.118 e. The Labute approximate surface area is 112 Å². The molecule has 1 N–H and O–H groups in total. The summed E-state index contributed by atoms with van der Waals surface area (Å²) in [5.41, 5.74) is 1.31. The number of hydrogen-bond acceptors (Lipinski definition) is 3. The van der Waals surface area contributed by atoms with Gasteiger partial charge in [0.2, 0.25) is 0 Å². The van der Waals surface area contributed by atoms with Gasteiger partial charge in [0.1, 0.15) is 11.5 Å². The topological polar surface area (TPSA) is 28.4 Å². The molecule has 0 aromatic carbocycles. The molecule has 1 heterocycles. The monoisotopic (exact) mass is 252 g/mol. The molecule has 0 radical (unpaired) electrons. The Bertz CT molecular complexity index is 346. The lowest BCUT2D eigenvalue weighted by Gasteiger charge is -2.19. The first kappa shape index (κ1) is 15.3. The van der Waals surface area contributed by atoms with Crippen LogP contribution in [0.25, 0.3) is 0 Å². The molecule has 1 aromatic rings. The van der Waals surface area contributed by atoms with Gasteiger partial charge in [0, 0.05) is 18.7 Å². The second-order valence-corrected chi connectivity index (χ2v) is 5.28. The number of aryl methyl sites for hydroxylation is 1. The number of hydrogen-bond donors (Lipinski definition) is 1. The lowest BCUT2D eigenvalue weighted by molar-refractivity contribution is 0.273. The summed E-state index contributed by atoms with van der Waals surface area (Å²) in [6.45, 7) is 12.6. The van der Waals surface area contributed by atoms with Crippen molar-refractivity contribution >= 4 is 0 Å². The summed E-state index contributed by atoms with van der Waals surface area (Å²) in [6, 6.07) is 2.19. The average Bonchev–Trinajstić information content (AvgIpc) is 2.67. The van der Waals surface area contributed by atoms with E-state index in [9.17, 15) is 0 Å². The van der Waals surface area contributed by atoms with Crippen LogP contribution in [0.3, 0.4) is 0 Å². The Morgan fingerprint density at radius 2 is 2.11 bits per heavy atom. The van der Waals surface area contributed by atoms with Gasteiger partial charge in [-0.3, -0.25) is 0 Å². The third-order valence-electron chi connectivity index (χ3n) is 3.38. The molecule has 18 heavy (non-hydrogen) atoms. The van der Waals surface area contributed by atoms with E-state index in [1.807, 2.05) is 0 Å². The normalized spacial score (nSPS) is 13.2. The van der Waals surface area contributed by atoms with E-state index in [4.69, 9.17) is 4.42 Å². The SMILES string of the molecule is CCNCc1cc(CN(C)CC(C)CC)c(C)o1. The molecule has 0 bridgehead atoms. The fourth-order valence-corrected chi connectivity index (χ4v) is 2.10. The van der Waals surface area contributed by atoms with Gasteiger partial charge in [-0.1, -0.05) is 27.2 Å². The Balaban J connectivity index is 2.53. The zero-order chi connectivity index (χ0) is 13.5. The standard InChI is InChI=1S/C15H28N2O/c1-6-12(3)10-17(5)11-14-8-15(9-16-7-2)18-13(14)4/h8,12,16H,6-7,9-11H2,1-5H3. The maximum Gasteiger partial charge on any atom is 0.118 e. The van der Waals surface area contributed by atoms with Gasteiger partial charge in [0.05, 0.1) is 6.54 Å². The molecule has 0 spiro atoms. The maximum atomic E-state index is 5.76. The molecule has 0 amide bonds. The van der Waals surface area contributed by atoms with Gasteiger partial charge in [-0.05, 0) is 32.5 Å². The largest absolute Gasteiger partial charge is 0.465 e. The van der Waals surface area contributed by atoms with Gasteiger partial charge in [0.25, 0.3) is 0 Å². The number of nitrogens with zero attached hydrogens (tertiary/aromatic N) is 1. The van der Waals surface area contributed by atoms with Crippen LogP contribution in [0.4, 0.5) is 0 Å². The van der Waals surface area contributed by atoms with Gasteiger partial charge in [-0.2, -0.15) is 0 Å². The van der Waals surface area contributed by atoms with Crippen LogP contribution in [0.2, 0.25) is 0 Å². The molecule has 0 aliphatic heterocycles. The highest BCUT2D eigenvalue weighted by molar-refractivity contribution is 5.20. The molecule has 3 nitrogen and oxygen atoms in total. The predicted molar refractivity (Wildman–Crippen MR) is 76.6 cm³/mol. The number of furan rings is 1. The van der Waals surface area contributed by atoms with Crippen molar-refractivity contribution in [1.82, 2.24) is 10.2 Å². The average molecular weight is 252 g/mol. The fraction of sp³-hybridized carbons (Fsp3) is 0.733. The highest BCUT2D eigenvalue weighted by atomic mass is 16.3. The van der Waals surface area contributed by atoms with E-state index < -0.39 is 0 Å². The van der Waals surface area contributed by atoms with Crippen molar-refractivity contribution in [2.75, 3.05) is 20.1 Å². The fourth-order valence-electron chi connectivity index (χ4n) is 2.10. The van der Waals surface area contributed by atoms with Crippen LogP contribution in [0.1, 0.15) is 44.3 Å². The van der Waals surface area contributed by atoms with Gasteiger partial charge < -0.3 is 14.6 Å². The molecule has 0 aliphatic carbocycles. The Morgan fingerprint density at radius 3 is 2.72 bits per heavy atom. The summed E-state index contributed by atoms with van der Waals surface area (Å²) < 4.78 is 5.76. The van der Waals surface area contributed by atoms with Crippen molar-refractivity contribution in [3.8, 4) is 0 Å². The summed E-state index contributed by atoms with van der Waals surface area (Å²) in [6.07, 6.45) is 1.24. The molecule has 0 saturated heterocycles. The summed E-state index contributed by atoms with van der Waals surface area (Å²) in [7, 11) is 2.18. The molecular formula is C15H28N2O. The van der Waals surface area contributed by atoms with E-state index >= 15 is 0 Å². The second-order valence-electron chi connectivity index (χ2n) is 5.28. The first-order chi connectivity index (χ1) is 8.56. The summed E-state index contributed by atoms with van der Waals surface area (Å²) in [5.74, 6) is 2.85. The number of rotatable bonds is 8. The van der Waals surface area contributed by atoms with E-state index in [2.05, 4.69) is 51.0 Å². The quantitative estimate of drug-likeness (QED) is 0.770. The van der Waals surface area contributed by atoms with Gasteiger partial charge in [-0.25, -0.2) is 0 Å². The van der Waals surface area contributed by atoms with Crippen molar-refractivity contribution in [2.24, 2.45) is 5.92 Å². The molecule has 104 valence electrons. The van der Waals surface area contributed by atoms with Crippen LogP contribution in [0, 0.1) is 12.8 Å².